The minimum Gasteiger partial charge on any atom is -0.478 e. The molecule has 0 bridgehead atoms. The molecule has 0 saturated heterocycles. The molecule has 1 unspecified atom stereocenters. The van der Waals surface area contributed by atoms with E-state index in [1.54, 1.807) is 0 Å². The highest BCUT2D eigenvalue weighted by Gasteiger charge is 1.88. The number of carboxylic acids is 2. The van der Waals surface area contributed by atoms with Crippen LogP contribution in [0.15, 0.2) is 12.2 Å². The molecule has 0 amide bonds. The summed E-state index contributed by atoms with van der Waals surface area (Å²) in [6.45, 7) is 1.50. The number of aliphatic hydroxyl groups is 1. The van der Waals surface area contributed by atoms with E-state index in [0.717, 1.165) is 0 Å². The van der Waals surface area contributed by atoms with Gasteiger partial charge in [0, 0.05) is 12.2 Å². The summed E-state index contributed by atoms with van der Waals surface area (Å²) in [5, 5.41) is 23.5. The number of aliphatic carboxylic acids is 2. The lowest BCUT2D eigenvalue weighted by atomic mass is 10.5. The zero-order chi connectivity index (χ0) is 10.1. The van der Waals surface area contributed by atoms with E-state index >= 15 is 0 Å². The molecule has 0 aromatic carbocycles. The zero-order valence-corrected chi connectivity index (χ0v) is 6.47. The summed E-state index contributed by atoms with van der Waals surface area (Å²) in [4.78, 5) is 19.1. The Hall–Kier alpha value is -1.40. The maximum Gasteiger partial charge on any atom is 0.328 e. The molecule has 70 valence electrons. The fraction of sp³-hybridized carbons (Fsp3) is 0.333. The standard InChI is InChI=1S/C4H4O4.C2H7NO/c5-3(6)1-2-4(7)8;1-2(3)4/h1-2H,(H,5,6)(H,7,8);2,4H,3H2,1H3/b2-1-;. The van der Waals surface area contributed by atoms with Crippen LogP contribution in [0, 0.1) is 0 Å². The van der Waals surface area contributed by atoms with Gasteiger partial charge in [-0.05, 0) is 6.92 Å². The van der Waals surface area contributed by atoms with Gasteiger partial charge in [-0.2, -0.15) is 0 Å². The van der Waals surface area contributed by atoms with E-state index < -0.39 is 18.2 Å². The lowest BCUT2D eigenvalue weighted by molar-refractivity contribution is -0.134. The van der Waals surface area contributed by atoms with Crippen LogP contribution in [-0.4, -0.2) is 33.5 Å². The first kappa shape index (κ1) is 13.2. The van der Waals surface area contributed by atoms with Crippen LogP contribution in [0.3, 0.4) is 0 Å². The summed E-state index contributed by atoms with van der Waals surface area (Å²) >= 11 is 0. The van der Waals surface area contributed by atoms with Gasteiger partial charge in [0.1, 0.15) is 0 Å². The Morgan fingerprint density at radius 2 is 1.42 bits per heavy atom. The molecule has 12 heavy (non-hydrogen) atoms. The molecule has 0 aromatic heterocycles. The second kappa shape index (κ2) is 7.70. The Balaban J connectivity index is 0. The fourth-order valence-electron chi connectivity index (χ4n) is 0.143. The fourth-order valence-corrected chi connectivity index (χ4v) is 0.143. The summed E-state index contributed by atoms with van der Waals surface area (Å²) < 4.78 is 0. The van der Waals surface area contributed by atoms with Crippen molar-refractivity contribution in [2.45, 2.75) is 13.2 Å². The van der Waals surface area contributed by atoms with E-state index in [2.05, 4.69) is 5.73 Å². The SMILES string of the molecule is CC(N)O.O=C(O)/C=C\C(=O)O. The maximum absolute atomic E-state index is 9.55. The van der Waals surface area contributed by atoms with Crippen LogP contribution in [0.25, 0.3) is 0 Å². The lowest BCUT2D eigenvalue weighted by Crippen LogP contribution is -2.11. The first-order valence-electron chi connectivity index (χ1n) is 2.94. The van der Waals surface area contributed by atoms with Gasteiger partial charge < -0.3 is 21.1 Å². The monoisotopic (exact) mass is 177 g/mol. The van der Waals surface area contributed by atoms with Gasteiger partial charge in [0.15, 0.2) is 0 Å². The summed E-state index contributed by atoms with van der Waals surface area (Å²) in [5.41, 5.74) is 4.67. The predicted molar refractivity (Wildman–Crippen MR) is 40.3 cm³/mol. The Morgan fingerprint density at radius 1 is 1.25 bits per heavy atom. The van der Waals surface area contributed by atoms with Crippen molar-refractivity contribution in [3.8, 4) is 0 Å². The van der Waals surface area contributed by atoms with E-state index in [4.69, 9.17) is 15.3 Å². The van der Waals surface area contributed by atoms with Crippen LogP contribution >= 0.6 is 0 Å². The molecule has 0 rings (SSSR count). The molecule has 0 radical (unpaired) electrons. The van der Waals surface area contributed by atoms with Gasteiger partial charge in [0.2, 0.25) is 0 Å². The van der Waals surface area contributed by atoms with Gasteiger partial charge in [-0.1, -0.05) is 0 Å². The predicted octanol–water partition coefficient (Wildman–Crippen LogP) is -1.00. The minimum absolute atomic E-state index is 0.558. The summed E-state index contributed by atoms with van der Waals surface area (Å²) in [7, 11) is 0. The Labute approximate surface area is 68.9 Å². The minimum atomic E-state index is -1.26. The van der Waals surface area contributed by atoms with E-state index in [1.807, 2.05) is 0 Å². The highest BCUT2D eigenvalue weighted by atomic mass is 16.4. The molecule has 0 aliphatic carbocycles. The molecular weight excluding hydrogens is 166 g/mol. The zero-order valence-electron chi connectivity index (χ0n) is 6.47. The highest BCUT2D eigenvalue weighted by molar-refractivity contribution is 5.89. The van der Waals surface area contributed by atoms with Crippen LogP contribution in [-0.2, 0) is 9.59 Å². The van der Waals surface area contributed by atoms with Crippen molar-refractivity contribution >= 4 is 11.9 Å². The van der Waals surface area contributed by atoms with Crippen LogP contribution in [0.4, 0.5) is 0 Å². The van der Waals surface area contributed by atoms with E-state index in [1.165, 1.54) is 6.92 Å². The third kappa shape index (κ3) is 38.3. The molecule has 0 spiro atoms. The summed E-state index contributed by atoms with van der Waals surface area (Å²) in [6, 6.07) is 0. The van der Waals surface area contributed by atoms with E-state index in [9.17, 15) is 9.59 Å². The first-order valence-corrected chi connectivity index (χ1v) is 2.94. The molecular formula is C6H11NO5. The van der Waals surface area contributed by atoms with Crippen molar-refractivity contribution in [2.75, 3.05) is 0 Å². The van der Waals surface area contributed by atoms with E-state index in [0.29, 0.717) is 12.2 Å². The van der Waals surface area contributed by atoms with Crippen molar-refractivity contribution in [3.05, 3.63) is 12.2 Å². The molecule has 0 aliphatic rings. The molecule has 0 heterocycles. The molecule has 0 saturated carbocycles. The quantitative estimate of drug-likeness (QED) is 0.317. The number of carboxylic acid groups (broad SMARTS) is 2. The van der Waals surface area contributed by atoms with Gasteiger partial charge in [-0.15, -0.1) is 0 Å². The number of hydrogen-bond donors (Lipinski definition) is 4. The molecule has 5 N–H and O–H groups in total. The van der Waals surface area contributed by atoms with Crippen molar-refractivity contribution in [3.63, 3.8) is 0 Å². The lowest BCUT2D eigenvalue weighted by Gasteiger charge is -1.82. The number of aliphatic hydroxyl groups excluding tert-OH is 1. The Kier molecular flexibility index (Phi) is 8.48. The molecule has 6 nitrogen and oxygen atoms in total. The Morgan fingerprint density at radius 3 is 1.50 bits per heavy atom. The third-order valence-electron chi connectivity index (χ3n) is 0.368. The van der Waals surface area contributed by atoms with Gasteiger partial charge >= 0.3 is 11.9 Å². The van der Waals surface area contributed by atoms with Gasteiger partial charge in [-0.3, -0.25) is 0 Å². The smallest absolute Gasteiger partial charge is 0.328 e. The van der Waals surface area contributed by atoms with Crippen LogP contribution in [0.1, 0.15) is 6.92 Å². The van der Waals surface area contributed by atoms with Gasteiger partial charge in [0.05, 0.1) is 6.23 Å². The van der Waals surface area contributed by atoms with Gasteiger partial charge in [0.25, 0.3) is 0 Å². The highest BCUT2D eigenvalue weighted by Crippen LogP contribution is 1.70. The molecule has 0 aliphatic heterocycles. The van der Waals surface area contributed by atoms with Crippen LogP contribution in [0.5, 0.6) is 0 Å². The number of nitrogens with two attached hydrogens (primary N) is 1. The molecule has 0 fully saturated rings. The van der Waals surface area contributed by atoms with E-state index in [-0.39, 0.29) is 0 Å². The molecule has 6 heteroatoms. The summed E-state index contributed by atoms with van der Waals surface area (Å²) in [5.74, 6) is -2.51. The topological polar surface area (TPSA) is 121 Å². The first-order chi connectivity index (χ1) is 5.36. The number of hydrogen-bond acceptors (Lipinski definition) is 4. The van der Waals surface area contributed by atoms with Crippen molar-refractivity contribution in [1.82, 2.24) is 0 Å². The molecule has 0 aromatic rings. The second-order valence-electron chi connectivity index (χ2n) is 1.75. The van der Waals surface area contributed by atoms with Crippen LogP contribution in [0.2, 0.25) is 0 Å². The second-order valence-corrected chi connectivity index (χ2v) is 1.75. The van der Waals surface area contributed by atoms with Crippen LogP contribution < -0.4 is 5.73 Å². The number of carbonyl (C=O) groups is 2. The largest absolute Gasteiger partial charge is 0.478 e. The average Bonchev–Trinajstić information content (AvgIpc) is 1.82. The van der Waals surface area contributed by atoms with Crippen molar-refractivity contribution in [2.24, 2.45) is 5.73 Å². The van der Waals surface area contributed by atoms with Crippen molar-refractivity contribution in [1.29, 1.82) is 0 Å². The normalized spacial score (nSPS) is 11.6. The number of rotatable bonds is 2. The molecule has 1 atom stereocenters. The summed E-state index contributed by atoms with van der Waals surface area (Å²) in [6.07, 6.45) is 0.449. The van der Waals surface area contributed by atoms with Crippen molar-refractivity contribution < 1.29 is 24.9 Å². The Bertz CT molecular complexity index is 156. The van der Waals surface area contributed by atoms with Gasteiger partial charge in [-0.25, -0.2) is 9.59 Å². The average molecular weight is 177 g/mol. The maximum atomic E-state index is 9.55. The third-order valence-corrected chi connectivity index (χ3v) is 0.368.